The summed E-state index contributed by atoms with van der Waals surface area (Å²) in [5.41, 5.74) is 2.77. The Kier molecular flexibility index (Phi) is 4.07. The molecule has 1 aromatic carbocycles. The van der Waals surface area contributed by atoms with Gasteiger partial charge < -0.3 is 4.90 Å². The highest BCUT2D eigenvalue weighted by Gasteiger charge is 2.56. The van der Waals surface area contributed by atoms with E-state index < -0.39 is 15.9 Å². The predicted molar refractivity (Wildman–Crippen MR) is 111 cm³/mol. The molecule has 5 heteroatoms. The smallest absolute Gasteiger partial charge is 0.233 e. The third-order valence-corrected chi connectivity index (χ3v) is 8.82. The van der Waals surface area contributed by atoms with Crippen LogP contribution in [0.4, 0.5) is 5.69 Å². The van der Waals surface area contributed by atoms with Crippen molar-refractivity contribution in [1.29, 1.82) is 0 Å². The van der Waals surface area contributed by atoms with E-state index in [1.54, 1.807) is 6.08 Å². The van der Waals surface area contributed by atoms with Crippen molar-refractivity contribution in [3.8, 4) is 0 Å². The molecule has 0 aromatic heterocycles. The van der Waals surface area contributed by atoms with Crippen molar-refractivity contribution in [3.05, 3.63) is 40.8 Å². The fourth-order valence-electron chi connectivity index (χ4n) is 6.90. The van der Waals surface area contributed by atoms with Crippen molar-refractivity contribution in [2.24, 2.45) is 23.2 Å². The van der Waals surface area contributed by atoms with Gasteiger partial charge in [-0.25, -0.2) is 8.42 Å². The van der Waals surface area contributed by atoms with Gasteiger partial charge in [-0.3, -0.25) is 4.79 Å². The largest absolute Gasteiger partial charge is 0.304 e. The van der Waals surface area contributed by atoms with Gasteiger partial charge in [-0.15, -0.1) is 0 Å². The Labute approximate surface area is 167 Å². The van der Waals surface area contributed by atoms with Crippen LogP contribution in [0.5, 0.6) is 0 Å². The first-order valence-electron chi connectivity index (χ1n) is 10.6. The topological polar surface area (TPSA) is 54.5 Å². The number of carbonyl (C=O) groups excluding carboxylic acids is 1. The predicted octanol–water partition coefficient (Wildman–Crippen LogP) is 4.16. The highest BCUT2D eigenvalue weighted by Crippen LogP contribution is 2.61. The molecule has 1 heterocycles. The second-order valence-electron chi connectivity index (χ2n) is 9.94. The Balaban J connectivity index is 1.56. The molecule has 6 rings (SSSR count). The zero-order valence-corrected chi connectivity index (χ0v) is 17.5. The number of rotatable bonds is 3. The Hall–Kier alpha value is -1.62. The standard InChI is InChI=1S/C23H29NO3S/c1-15-5-16(2)7-21(6-15)24(20-3-4-28(26,27)14-20)22(25)23-11-17-8-18(12-23)10-19(9-17)13-23/h3-7,17-20H,8-14H2,1-2H3/t17?,18?,19?,20-,23?/m1/s1. The van der Waals surface area contributed by atoms with Crippen LogP contribution in [0.2, 0.25) is 0 Å². The molecule has 4 nitrogen and oxygen atoms in total. The van der Waals surface area contributed by atoms with Gasteiger partial charge in [-0.05, 0) is 99.5 Å². The number of amides is 1. The third kappa shape index (κ3) is 3.02. The van der Waals surface area contributed by atoms with E-state index in [-0.39, 0.29) is 17.1 Å². The molecule has 0 spiro atoms. The maximum atomic E-state index is 14.1. The highest BCUT2D eigenvalue weighted by molar-refractivity contribution is 7.94. The Morgan fingerprint density at radius 1 is 0.964 bits per heavy atom. The average Bonchev–Trinajstić information content (AvgIpc) is 2.92. The fourth-order valence-corrected chi connectivity index (χ4v) is 8.17. The fraction of sp³-hybridized carbons (Fsp3) is 0.609. The number of hydrogen-bond donors (Lipinski definition) is 0. The molecule has 150 valence electrons. The monoisotopic (exact) mass is 399 g/mol. The van der Waals surface area contributed by atoms with Gasteiger partial charge in [-0.2, -0.15) is 0 Å². The number of aryl methyl sites for hydroxylation is 2. The molecule has 1 aromatic rings. The Bertz CT molecular complexity index is 907. The highest BCUT2D eigenvalue weighted by atomic mass is 32.2. The van der Waals surface area contributed by atoms with E-state index in [4.69, 9.17) is 0 Å². The van der Waals surface area contributed by atoms with E-state index in [2.05, 4.69) is 6.07 Å². The summed E-state index contributed by atoms with van der Waals surface area (Å²) in [7, 11) is -3.23. The molecule has 5 aliphatic rings. The summed E-state index contributed by atoms with van der Waals surface area (Å²) < 4.78 is 24.3. The minimum absolute atomic E-state index is 0.00189. The summed E-state index contributed by atoms with van der Waals surface area (Å²) >= 11 is 0. The number of hydrogen-bond acceptors (Lipinski definition) is 3. The molecule has 1 atom stereocenters. The number of sulfone groups is 1. The molecule has 4 fully saturated rings. The molecule has 0 N–H and O–H groups in total. The summed E-state index contributed by atoms with van der Waals surface area (Å²) in [6, 6.07) is 5.76. The third-order valence-electron chi connectivity index (χ3n) is 7.44. The minimum Gasteiger partial charge on any atom is -0.304 e. The maximum absolute atomic E-state index is 14.1. The quantitative estimate of drug-likeness (QED) is 0.767. The SMILES string of the molecule is Cc1cc(C)cc(N(C(=O)C23CC4CC(CC(C4)C2)C3)[C@@H]2C=CS(=O)(=O)C2)c1. The molecule has 28 heavy (non-hydrogen) atoms. The number of anilines is 1. The molecule has 0 saturated heterocycles. The molecule has 4 saturated carbocycles. The van der Waals surface area contributed by atoms with Gasteiger partial charge in [0, 0.05) is 11.1 Å². The first-order chi connectivity index (χ1) is 13.2. The lowest BCUT2D eigenvalue weighted by Gasteiger charge is -2.57. The van der Waals surface area contributed by atoms with Gasteiger partial charge in [0.05, 0.1) is 17.2 Å². The number of benzene rings is 1. The molecule has 4 aliphatic carbocycles. The van der Waals surface area contributed by atoms with Gasteiger partial charge >= 0.3 is 0 Å². The minimum atomic E-state index is -3.23. The van der Waals surface area contributed by atoms with Crippen molar-refractivity contribution in [3.63, 3.8) is 0 Å². The first kappa shape index (κ1) is 18.4. The van der Waals surface area contributed by atoms with Gasteiger partial charge in [-0.1, -0.05) is 6.07 Å². The van der Waals surface area contributed by atoms with E-state index in [9.17, 15) is 13.2 Å². The van der Waals surface area contributed by atoms with E-state index in [1.807, 2.05) is 30.9 Å². The van der Waals surface area contributed by atoms with Crippen LogP contribution in [-0.2, 0) is 14.6 Å². The van der Waals surface area contributed by atoms with Gasteiger partial charge in [0.2, 0.25) is 5.91 Å². The van der Waals surface area contributed by atoms with E-state index in [0.717, 1.165) is 36.1 Å². The van der Waals surface area contributed by atoms with Crippen molar-refractivity contribution in [2.45, 2.75) is 58.4 Å². The maximum Gasteiger partial charge on any atom is 0.233 e. The van der Waals surface area contributed by atoms with Crippen molar-refractivity contribution in [2.75, 3.05) is 10.7 Å². The zero-order chi connectivity index (χ0) is 19.7. The summed E-state index contributed by atoms with van der Waals surface area (Å²) in [4.78, 5) is 16.0. The lowest BCUT2D eigenvalue weighted by atomic mass is 9.49. The Morgan fingerprint density at radius 2 is 1.50 bits per heavy atom. The lowest BCUT2D eigenvalue weighted by Crippen LogP contribution is -2.57. The Morgan fingerprint density at radius 3 is 1.96 bits per heavy atom. The van der Waals surface area contributed by atoms with Crippen LogP contribution >= 0.6 is 0 Å². The number of nitrogens with zero attached hydrogens (tertiary/aromatic N) is 1. The normalized spacial score (nSPS) is 37.4. The summed E-state index contributed by atoms with van der Waals surface area (Å²) in [6.07, 6.45) is 8.54. The second-order valence-corrected chi connectivity index (χ2v) is 11.9. The second kappa shape index (κ2) is 6.19. The molecule has 4 bridgehead atoms. The van der Waals surface area contributed by atoms with Crippen molar-refractivity contribution < 1.29 is 13.2 Å². The van der Waals surface area contributed by atoms with Crippen molar-refractivity contribution >= 4 is 21.4 Å². The molecule has 1 aliphatic heterocycles. The van der Waals surface area contributed by atoms with Crippen LogP contribution in [0, 0.1) is 37.0 Å². The summed E-state index contributed by atoms with van der Waals surface area (Å²) in [5, 5.41) is 1.29. The average molecular weight is 400 g/mol. The summed E-state index contributed by atoms with van der Waals surface area (Å²) in [5.74, 6) is 2.21. The van der Waals surface area contributed by atoms with Crippen LogP contribution < -0.4 is 4.90 Å². The van der Waals surface area contributed by atoms with Gasteiger partial charge in [0.1, 0.15) is 0 Å². The van der Waals surface area contributed by atoms with Gasteiger partial charge in [0.25, 0.3) is 0 Å². The molecular formula is C23H29NO3S. The van der Waals surface area contributed by atoms with Gasteiger partial charge in [0.15, 0.2) is 9.84 Å². The molecule has 0 unspecified atom stereocenters. The van der Waals surface area contributed by atoms with Crippen LogP contribution in [0.25, 0.3) is 0 Å². The van der Waals surface area contributed by atoms with E-state index in [1.165, 1.54) is 24.7 Å². The van der Waals surface area contributed by atoms with Crippen molar-refractivity contribution in [1.82, 2.24) is 0 Å². The van der Waals surface area contributed by atoms with E-state index in [0.29, 0.717) is 17.8 Å². The lowest BCUT2D eigenvalue weighted by molar-refractivity contribution is -0.143. The summed E-state index contributed by atoms with van der Waals surface area (Å²) in [6.45, 7) is 4.07. The first-order valence-corrected chi connectivity index (χ1v) is 12.3. The molecule has 0 radical (unpaired) electrons. The van der Waals surface area contributed by atoms with E-state index >= 15 is 0 Å². The van der Waals surface area contributed by atoms with Crippen LogP contribution in [0.3, 0.4) is 0 Å². The molecule has 1 amide bonds. The van der Waals surface area contributed by atoms with Crippen LogP contribution in [0.15, 0.2) is 29.7 Å². The zero-order valence-electron chi connectivity index (χ0n) is 16.7. The van der Waals surface area contributed by atoms with Crippen LogP contribution in [0.1, 0.15) is 49.7 Å². The molecular weight excluding hydrogens is 370 g/mol. The number of carbonyl (C=O) groups is 1. The van der Waals surface area contributed by atoms with Crippen LogP contribution in [-0.4, -0.2) is 26.1 Å².